The van der Waals surface area contributed by atoms with Gasteiger partial charge in [0.15, 0.2) is 6.61 Å². The molecule has 4 rings (SSSR count). The Labute approximate surface area is 224 Å². The molecule has 3 aromatic carbocycles. The number of benzene rings is 3. The molecule has 1 aromatic heterocycles. The zero-order valence-corrected chi connectivity index (χ0v) is 21.6. The summed E-state index contributed by atoms with van der Waals surface area (Å²) in [5.41, 5.74) is 8.71. The van der Waals surface area contributed by atoms with Gasteiger partial charge in [0.1, 0.15) is 11.8 Å². The number of fused-ring (bicyclic) bond motifs is 3. The number of ether oxygens (including phenoxy) is 3. The zero-order chi connectivity index (χ0) is 27.9. The Bertz CT molecular complexity index is 1530. The summed E-state index contributed by atoms with van der Waals surface area (Å²) in [4.78, 5) is 48.7. The summed E-state index contributed by atoms with van der Waals surface area (Å²) >= 11 is 0. The van der Waals surface area contributed by atoms with E-state index < -0.39 is 36.4 Å². The van der Waals surface area contributed by atoms with Crippen molar-refractivity contribution in [1.82, 2.24) is 9.88 Å². The van der Waals surface area contributed by atoms with Gasteiger partial charge in [-0.3, -0.25) is 14.4 Å². The molecule has 0 spiro atoms. The number of nitrogens with one attached hydrogen (secondary N) is 1. The molecule has 0 fully saturated rings. The number of carbonyl (C=O) groups is 4. The van der Waals surface area contributed by atoms with E-state index in [-0.39, 0.29) is 12.8 Å². The van der Waals surface area contributed by atoms with E-state index in [4.69, 9.17) is 15.2 Å². The highest BCUT2D eigenvalue weighted by Crippen LogP contribution is 2.38. The molecule has 0 bridgehead atoms. The summed E-state index contributed by atoms with van der Waals surface area (Å²) < 4.78 is 17.3. The maximum absolute atomic E-state index is 12.7. The first kappa shape index (κ1) is 27.2. The van der Waals surface area contributed by atoms with E-state index in [0.29, 0.717) is 28.6 Å². The maximum atomic E-state index is 12.7. The molecule has 3 N–H and O–H groups in total. The molecule has 1 atom stereocenters. The molecule has 1 heterocycles. The summed E-state index contributed by atoms with van der Waals surface area (Å²) in [6, 6.07) is 19.6. The summed E-state index contributed by atoms with van der Waals surface area (Å²) in [7, 11) is 2.43. The van der Waals surface area contributed by atoms with Crippen LogP contribution in [0, 0.1) is 0 Å². The second-order valence-corrected chi connectivity index (χ2v) is 8.83. The van der Waals surface area contributed by atoms with E-state index in [1.165, 1.54) is 14.2 Å². The molecule has 0 radical (unpaired) electrons. The van der Waals surface area contributed by atoms with E-state index in [1.807, 2.05) is 42.5 Å². The number of aromatic nitrogens is 1. The first-order valence-electron chi connectivity index (χ1n) is 12.3. The van der Waals surface area contributed by atoms with Crippen LogP contribution in [-0.2, 0) is 30.4 Å². The van der Waals surface area contributed by atoms with Crippen molar-refractivity contribution in [2.75, 3.05) is 20.8 Å². The van der Waals surface area contributed by atoms with Crippen molar-refractivity contribution in [2.45, 2.75) is 25.4 Å². The molecular formula is C29H29N3O7. The van der Waals surface area contributed by atoms with E-state index in [1.54, 1.807) is 24.3 Å². The number of hydrogen-bond donors (Lipinski definition) is 2. The van der Waals surface area contributed by atoms with Gasteiger partial charge in [-0.05, 0) is 36.2 Å². The lowest BCUT2D eigenvalue weighted by atomic mass is 10.1. The number of methoxy groups -OCH3 is 2. The molecule has 10 heteroatoms. The fourth-order valence-corrected chi connectivity index (χ4v) is 4.55. The van der Waals surface area contributed by atoms with E-state index in [0.717, 1.165) is 16.6 Å². The largest absolute Gasteiger partial charge is 0.483 e. The molecule has 0 saturated carbocycles. The average molecular weight is 532 g/mol. The number of hydrogen-bond acceptors (Lipinski definition) is 7. The van der Waals surface area contributed by atoms with Crippen LogP contribution in [0.15, 0.2) is 66.7 Å². The van der Waals surface area contributed by atoms with Crippen molar-refractivity contribution in [3.8, 4) is 5.75 Å². The average Bonchev–Trinajstić information content (AvgIpc) is 3.27. The minimum absolute atomic E-state index is 0.00954. The molecular weight excluding hydrogens is 502 g/mol. The summed E-state index contributed by atoms with van der Waals surface area (Å²) in [5.74, 6) is -2.01. The Morgan fingerprint density at radius 3 is 2.23 bits per heavy atom. The highest BCUT2D eigenvalue weighted by molar-refractivity contribution is 6.19. The third-order valence-corrected chi connectivity index (χ3v) is 6.37. The molecule has 202 valence electrons. The van der Waals surface area contributed by atoms with Crippen LogP contribution >= 0.6 is 0 Å². The fraction of sp³-hybridized carbons (Fsp3) is 0.241. The molecule has 0 aliphatic carbocycles. The number of primary amides is 1. The van der Waals surface area contributed by atoms with Crippen LogP contribution < -0.4 is 15.8 Å². The van der Waals surface area contributed by atoms with Crippen LogP contribution in [-0.4, -0.2) is 55.2 Å². The summed E-state index contributed by atoms with van der Waals surface area (Å²) in [5, 5.41) is 3.81. The predicted octanol–water partition coefficient (Wildman–Crippen LogP) is 2.93. The molecule has 0 unspecified atom stereocenters. The van der Waals surface area contributed by atoms with Gasteiger partial charge in [0.05, 0.1) is 30.6 Å². The Hall–Kier alpha value is -4.86. The Balaban J connectivity index is 1.67. The molecule has 10 nitrogen and oxygen atoms in total. The zero-order valence-electron chi connectivity index (χ0n) is 21.6. The topological polar surface area (TPSA) is 139 Å². The van der Waals surface area contributed by atoms with Gasteiger partial charge in [-0.25, -0.2) is 4.79 Å². The Morgan fingerprint density at radius 1 is 0.872 bits per heavy atom. The monoisotopic (exact) mass is 531 g/mol. The Morgan fingerprint density at radius 2 is 1.56 bits per heavy atom. The third-order valence-electron chi connectivity index (χ3n) is 6.37. The molecule has 0 saturated heterocycles. The normalized spacial score (nSPS) is 11.6. The lowest BCUT2D eigenvalue weighted by molar-refractivity contribution is -0.146. The van der Waals surface area contributed by atoms with Crippen molar-refractivity contribution >= 4 is 45.6 Å². The molecule has 39 heavy (non-hydrogen) atoms. The lowest BCUT2D eigenvalue weighted by Gasteiger charge is -2.16. The van der Waals surface area contributed by atoms with Gasteiger partial charge < -0.3 is 29.8 Å². The van der Waals surface area contributed by atoms with Gasteiger partial charge in [-0.2, -0.15) is 0 Å². The quantitative estimate of drug-likeness (QED) is 0.284. The van der Waals surface area contributed by atoms with Crippen LogP contribution in [0.4, 0.5) is 0 Å². The number of nitrogens with zero attached hydrogens (tertiary/aromatic N) is 1. The number of carbonyl (C=O) groups excluding carboxylic acids is 4. The number of esters is 2. The van der Waals surface area contributed by atoms with Gasteiger partial charge >= 0.3 is 11.9 Å². The smallest absolute Gasteiger partial charge is 0.328 e. The van der Waals surface area contributed by atoms with E-state index in [2.05, 4.69) is 14.6 Å². The van der Waals surface area contributed by atoms with Crippen molar-refractivity contribution < 1.29 is 33.4 Å². The standard InChI is InChI=1S/C29H29N3O7/c1-37-25(34)15-14-20(29(36)38-2)31-24(33)17-39-23-13-7-12-22-27(23)26-19(28(30)35)10-6-11-21(26)32(22)16-18-8-4-3-5-9-18/h3-13,20H,14-17H2,1-2H3,(H2,30,35)(H,31,33)/t20-/m1/s1. The minimum Gasteiger partial charge on any atom is -0.483 e. The fourth-order valence-electron chi connectivity index (χ4n) is 4.55. The molecule has 0 aliphatic rings. The van der Waals surface area contributed by atoms with Gasteiger partial charge in [0.2, 0.25) is 5.91 Å². The minimum atomic E-state index is -1.05. The summed E-state index contributed by atoms with van der Waals surface area (Å²) in [6.45, 7) is 0.114. The number of nitrogens with two attached hydrogens (primary N) is 1. The molecule has 0 aliphatic heterocycles. The van der Waals surface area contributed by atoms with Crippen LogP contribution in [0.25, 0.3) is 21.8 Å². The van der Waals surface area contributed by atoms with Crippen molar-refractivity contribution in [1.29, 1.82) is 0 Å². The highest BCUT2D eigenvalue weighted by Gasteiger charge is 2.24. The molecule has 2 amide bonds. The van der Waals surface area contributed by atoms with Crippen LogP contribution in [0.2, 0.25) is 0 Å². The van der Waals surface area contributed by atoms with Crippen LogP contribution in [0.3, 0.4) is 0 Å². The Kier molecular flexibility index (Phi) is 8.45. The summed E-state index contributed by atoms with van der Waals surface area (Å²) in [6.07, 6.45) is -0.0663. The number of amides is 2. The first-order chi connectivity index (χ1) is 18.8. The predicted molar refractivity (Wildman–Crippen MR) is 144 cm³/mol. The van der Waals surface area contributed by atoms with Crippen molar-refractivity contribution in [3.05, 3.63) is 77.9 Å². The van der Waals surface area contributed by atoms with Crippen molar-refractivity contribution in [3.63, 3.8) is 0 Å². The van der Waals surface area contributed by atoms with Crippen LogP contribution in [0.1, 0.15) is 28.8 Å². The lowest BCUT2D eigenvalue weighted by Crippen LogP contribution is -2.43. The molecule has 4 aromatic rings. The third kappa shape index (κ3) is 6.01. The van der Waals surface area contributed by atoms with Gasteiger partial charge in [0, 0.05) is 23.9 Å². The van der Waals surface area contributed by atoms with E-state index >= 15 is 0 Å². The van der Waals surface area contributed by atoms with Crippen molar-refractivity contribution in [2.24, 2.45) is 5.73 Å². The van der Waals surface area contributed by atoms with E-state index in [9.17, 15) is 19.2 Å². The maximum Gasteiger partial charge on any atom is 0.328 e. The second-order valence-electron chi connectivity index (χ2n) is 8.83. The SMILES string of the molecule is COC(=O)CC[C@@H](NC(=O)COc1cccc2c1c1c(C(N)=O)cccc1n2Cc1ccccc1)C(=O)OC. The van der Waals surface area contributed by atoms with Crippen LogP contribution in [0.5, 0.6) is 5.75 Å². The van der Waals surface area contributed by atoms with Gasteiger partial charge in [0.25, 0.3) is 5.91 Å². The highest BCUT2D eigenvalue weighted by atomic mass is 16.5. The number of rotatable bonds is 11. The van der Waals surface area contributed by atoms with Gasteiger partial charge in [-0.15, -0.1) is 0 Å². The first-order valence-corrected chi connectivity index (χ1v) is 12.3. The van der Waals surface area contributed by atoms with Gasteiger partial charge in [-0.1, -0.05) is 42.5 Å². The second kappa shape index (κ2) is 12.1.